The summed E-state index contributed by atoms with van der Waals surface area (Å²) in [5, 5.41) is 20.1. The molecule has 0 aliphatic carbocycles. The Labute approximate surface area is 103 Å². The molecule has 1 N–H and O–H groups in total. The normalized spacial score (nSPS) is 11.1. The number of carbonyl (C=O) groups is 1. The average Bonchev–Trinajstić information content (AvgIpc) is 2.31. The summed E-state index contributed by atoms with van der Waals surface area (Å²) in [6, 6.07) is 3.38. The Balaban J connectivity index is 3.09. The first-order chi connectivity index (χ1) is 8.45. The highest BCUT2D eigenvalue weighted by atomic mass is 16.6. The summed E-state index contributed by atoms with van der Waals surface area (Å²) in [4.78, 5) is 25.1. The average molecular weight is 252 g/mol. The molecule has 0 saturated heterocycles. The number of nitro groups is 1. The van der Waals surface area contributed by atoms with Crippen LogP contribution in [0.25, 0.3) is 0 Å². The van der Waals surface area contributed by atoms with Crippen LogP contribution in [-0.4, -0.2) is 28.3 Å². The zero-order valence-electron chi connectivity index (χ0n) is 9.91. The lowest BCUT2D eigenvalue weighted by Crippen LogP contribution is -2.13. The minimum Gasteiger partial charge on any atom is -0.506 e. The van der Waals surface area contributed by atoms with E-state index in [2.05, 4.69) is 4.99 Å². The van der Waals surface area contributed by atoms with Crippen molar-refractivity contribution in [2.24, 2.45) is 4.99 Å². The van der Waals surface area contributed by atoms with E-state index in [-0.39, 0.29) is 29.4 Å². The van der Waals surface area contributed by atoms with Crippen molar-refractivity contribution in [1.82, 2.24) is 0 Å². The number of phenolic OH excluding ortho intramolecular Hbond substituents is 1. The van der Waals surface area contributed by atoms with Crippen LogP contribution in [0.3, 0.4) is 0 Å². The summed E-state index contributed by atoms with van der Waals surface area (Å²) in [7, 11) is 0. The number of carbonyl (C=O) groups excluding carboxylic acids is 1. The van der Waals surface area contributed by atoms with Crippen LogP contribution < -0.4 is 0 Å². The molecule has 18 heavy (non-hydrogen) atoms. The summed E-state index contributed by atoms with van der Waals surface area (Å²) < 4.78 is 4.71. The van der Waals surface area contributed by atoms with E-state index in [4.69, 9.17) is 4.74 Å². The van der Waals surface area contributed by atoms with Crippen molar-refractivity contribution in [2.75, 3.05) is 6.61 Å². The summed E-state index contributed by atoms with van der Waals surface area (Å²) >= 11 is 0. The number of aromatic hydroxyl groups is 1. The van der Waals surface area contributed by atoms with Gasteiger partial charge in [-0.15, -0.1) is 0 Å². The first-order valence-electron chi connectivity index (χ1n) is 5.15. The first kappa shape index (κ1) is 13.6. The molecule has 0 amide bonds. The Morgan fingerprint density at radius 2 is 2.22 bits per heavy atom. The molecule has 0 bridgehead atoms. The molecule has 0 atom stereocenters. The minimum absolute atomic E-state index is 0.00708. The van der Waals surface area contributed by atoms with Gasteiger partial charge < -0.3 is 9.84 Å². The number of phenols is 1. The van der Waals surface area contributed by atoms with Gasteiger partial charge in [0.25, 0.3) is 5.69 Å². The second-order valence-corrected chi connectivity index (χ2v) is 3.35. The van der Waals surface area contributed by atoms with Crippen molar-refractivity contribution in [3.8, 4) is 5.75 Å². The highest BCUT2D eigenvalue weighted by Gasteiger charge is 2.12. The molecule has 0 aliphatic rings. The monoisotopic (exact) mass is 252 g/mol. The van der Waals surface area contributed by atoms with Crippen molar-refractivity contribution in [3.05, 3.63) is 28.3 Å². The third kappa shape index (κ3) is 3.27. The van der Waals surface area contributed by atoms with Gasteiger partial charge in [0.15, 0.2) is 0 Å². The standard InChI is InChI=1S/C11H12N2O5/c1-3-18-11(15)7(2)12-9-6-8(13(16)17)4-5-10(9)14/h4-6,14H,3H2,1-2H3. The Morgan fingerprint density at radius 1 is 1.56 bits per heavy atom. The van der Waals surface area contributed by atoms with E-state index >= 15 is 0 Å². The third-order valence-corrected chi connectivity index (χ3v) is 2.03. The summed E-state index contributed by atoms with van der Waals surface area (Å²) in [5.41, 5.74) is -0.259. The molecule has 7 heteroatoms. The second-order valence-electron chi connectivity index (χ2n) is 3.35. The highest BCUT2D eigenvalue weighted by Crippen LogP contribution is 2.30. The van der Waals surface area contributed by atoms with Gasteiger partial charge in [-0.25, -0.2) is 9.79 Å². The molecule has 0 saturated carbocycles. The minimum atomic E-state index is -0.636. The van der Waals surface area contributed by atoms with Gasteiger partial charge in [0, 0.05) is 12.1 Å². The molecule has 7 nitrogen and oxygen atoms in total. The zero-order valence-corrected chi connectivity index (χ0v) is 9.91. The number of ether oxygens (including phenoxy) is 1. The maximum absolute atomic E-state index is 11.3. The van der Waals surface area contributed by atoms with Gasteiger partial charge in [-0.05, 0) is 19.9 Å². The molecule has 0 aliphatic heterocycles. The summed E-state index contributed by atoms with van der Waals surface area (Å²) in [5.74, 6) is -0.882. The predicted molar refractivity (Wildman–Crippen MR) is 64.2 cm³/mol. The predicted octanol–water partition coefficient (Wildman–Crippen LogP) is 1.96. The van der Waals surface area contributed by atoms with E-state index in [1.807, 2.05) is 0 Å². The molecule has 1 rings (SSSR count). The van der Waals surface area contributed by atoms with Crippen LogP contribution in [0, 0.1) is 10.1 Å². The lowest BCUT2D eigenvalue weighted by molar-refractivity contribution is -0.384. The number of hydrogen-bond donors (Lipinski definition) is 1. The zero-order chi connectivity index (χ0) is 13.7. The topological polar surface area (TPSA) is 102 Å². The fraction of sp³-hybridized carbons (Fsp3) is 0.273. The molecular weight excluding hydrogens is 240 g/mol. The Hall–Kier alpha value is -2.44. The van der Waals surface area contributed by atoms with E-state index in [1.54, 1.807) is 6.92 Å². The SMILES string of the molecule is CCOC(=O)C(C)=Nc1cc([N+](=O)[O-])ccc1O. The van der Waals surface area contributed by atoms with Crippen molar-refractivity contribution >= 4 is 23.1 Å². The fourth-order valence-electron chi connectivity index (χ4n) is 1.18. The number of benzene rings is 1. The number of nitrogens with zero attached hydrogens (tertiary/aromatic N) is 2. The van der Waals surface area contributed by atoms with Crippen LogP contribution in [-0.2, 0) is 9.53 Å². The number of non-ortho nitro benzene ring substituents is 1. The number of esters is 1. The second kappa shape index (κ2) is 5.76. The molecule has 1 aromatic rings. The molecule has 0 heterocycles. The number of rotatable bonds is 4. The molecule has 0 radical (unpaired) electrons. The van der Waals surface area contributed by atoms with E-state index in [0.717, 1.165) is 18.2 Å². The van der Waals surface area contributed by atoms with Crippen molar-refractivity contribution in [3.63, 3.8) is 0 Å². The van der Waals surface area contributed by atoms with Crippen LogP contribution in [0.5, 0.6) is 5.75 Å². The summed E-state index contributed by atoms with van der Waals surface area (Å²) in [6.07, 6.45) is 0. The molecular formula is C11H12N2O5. The number of nitro benzene ring substituents is 1. The van der Waals surface area contributed by atoms with Crippen LogP contribution in [0.2, 0.25) is 0 Å². The van der Waals surface area contributed by atoms with Crippen molar-refractivity contribution in [1.29, 1.82) is 0 Å². The lowest BCUT2D eigenvalue weighted by atomic mass is 10.2. The molecule has 0 unspecified atom stereocenters. The Bertz CT molecular complexity index is 510. The smallest absolute Gasteiger partial charge is 0.352 e. The fourth-order valence-corrected chi connectivity index (χ4v) is 1.18. The highest BCUT2D eigenvalue weighted by molar-refractivity contribution is 6.36. The number of hydrogen-bond acceptors (Lipinski definition) is 6. The maximum Gasteiger partial charge on any atom is 0.352 e. The quantitative estimate of drug-likeness (QED) is 0.382. The molecule has 1 aromatic carbocycles. The Morgan fingerprint density at radius 3 is 2.78 bits per heavy atom. The van der Waals surface area contributed by atoms with Gasteiger partial charge in [0.2, 0.25) is 0 Å². The maximum atomic E-state index is 11.3. The Kier molecular flexibility index (Phi) is 4.36. The third-order valence-electron chi connectivity index (χ3n) is 2.03. The molecule has 0 aromatic heterocycles. The van der Waals surface area contributed by atoms with Crippen molar-refractivity contribution in [2.45, 2.75) is 13.8 Å². The van der Waals surface area contributed by atoms with Crippen molar-refractivity contribution < 1.29 is 19.6 Å². The number of aliphatic imine (C=N–C) groups is 1. The van der Waals surface area contributed by atoms with Gasteiger partial charge in [-0.1, -0.05) is 0 Å². The van der Waals surface area contributed by atoms with Crippen LogP contribution >= 0.6 is 0 Å². The van der Waals surface area contributed by atoms with E-state index in [9.17, 15) is 20.0 Å². The van der Waals surface area contributed by atoms with Gasteiger partial charge in [-0.3, -0.25) is 10.1 Å². The molecule has 0 fully saturated rings. The van der Waals surface area contributed by atoms with Gasteiger partial charge >= 0.3 is 5.97 Å². The summed E-state index contributed by atoms with van der Waals surface area (Å²) in [6.45, 7) is 3.25. The van der Waals surface area contributed by atoms with E-state index in [0.29, 0.717) is 0 Å². The van der Waals surface area contributed by atoms with Gasteiger partial charge in [-0.2, -0.15) is 0 Å². The van der Waals surface area contributed by atoms with Gasteiger partial charge in [0.1, 0.15) is 17.1 Å². The van der Waals surface area contributed by atoms with Crippen LogP contribution in [0.1, 0.15) is 13.8 Å². The van der Waals surface area contributed by atoms with Crippen LogP contribution in [0.15, 0.2) is 23.2 Å². The largest absolute Gasteiger partial charge is 0.506 e. The molecule has 0 spiro atoms. The first-order valence-corrected chi connectivity index (χ1v) is 5.15. The van der Waals surface area contributed by atoms with E-state index in [1.165, 1.54) is 6.92 Å². The molecule has 96 valence electrons. The van der Waals surface area contributed by atoms with Gasteiger partial charge in [0.05, 0.1) is 11.5 Å². The van der Waals surface area contributed by atoms with Crippen LogP contribution in [0.4, 0.5) is 11.4 Å². The lowest BCUT2D eigenvalue weighted by Gasteiger charge is -2.02. The van der Waals surface area contributed by atoms with E-state index < -0.39 is 10.9 Å².